The van der Waals surface area contributed by atoms with E-state index < -0.39 is 0 Å². The van der Waals surface area contributed by atoms with Crippen LogP contribution in [-0.4, -0.2) is 39.6 Å². The maximum Gasteiger partial charge on any atom is 0.273 e. The molecule has 2 heterocycles. The molecule has 3 rings (SSSR count). The lowest BCUT2D eigenvalue weighted by Crippen LogP contribution is -2.30. The fourth-order valence-corrected chi connectivity index (χ4v) is 2.32. The van der Waals surface area contributed by atoms with Crippen LogP contribution in [0.1, 0.15) is 27.4 Å². The second-order valence-corrected chi connectivity index (χ2v) is 5.73. The van der Waals surface area contributed by atoms with Crippen molar-refractivity contribution >= 4 is 11.8 Å². The smallest absolute Gasteiger partial charge is 0.273 e. The van der Waals surface area contributed by atoms with Crippen molar-refractivity contribution in [3.63, 3.8) is 0 Å². The molecule has 2 N–H and O–H groups in total. The summed E-state index contributed by atoms with van der Waals surface area (Å²) in [5.41, 5.74) is 1.45. The molecule has 0 aliphatic carbocycles. The van der Waals surface area contributed by atoms with Crippen LogP contribution in [-0.2, 0) is 7.05 Å². The van der Waals surface area contributed by atoms with Crippen molar-refractivity contribution in [2.24, 2.45) is 7.05 Å². The van der Waals surface area contributed by atoms with Gasteiger partial charge < -0.3 is 19.7 Å². The van der Waals surface area contributed by atoms with E-state index in [1.165, 1.54) is 0 Å². The van der Waals surface area contributed by atoms with E-state index in [4.69, 9.17) is 4.52 Å². The number of aromatic nitrogens is 3. The molecular weight excluding hydrogens is 334 g/mol. The minimum absolute atomic E-state index is 0.223. The highest BCUT2D eigenvalue weighted by Gasteiger charge is 2.13. The maximum atomic E-state index is 12.1. The number of nitrogens with one attached hydrogen (secondary N) is 2. The Balaban J connectivity index is 1.40. The Morgan fingerprint density at radius 2 is 1.77 bits per heavy atom. The number of aryl methyl sites for hydroxylation is 1. The van der Waals surface area contributed by atoms with Crippen LogP contribution in [0.2, 0.25) is 0 Å². The number of benzene rings is 1. The van der Waals surface area contributed by atoms with Gasteiger partial charge in [-0.25, -0.2) is 4.98 Å². The largest absolute Gasteiger partial charge is 0.355 e. The number of rotatable bonds is 7. The summed E-state index contributed by atoms with van der Waals surface area (Å²) in [6.45, 7) is 0.846. The topological polar surface area (TPSA) is 102 Å². The molecule has 0 atom stereocenters. The lowest BCUT2D eigenvalue weighted by atomic mass is 10.1. The number of carbonyl (C=O) groups is 2. The van der Waals surface area contributed by atoms with Crippen LogP contribution in [0.3, 0.4) is 0 Å². The highest BCUT2D eigenvalue weighted by molar-refractivity contribution is 5.93. The molecule has 2 amide bonds. The number of imidazole rings is 1. The SMILES string of the molecule is Cn1cnc(C(=O)NCCCNC(=O)c2cc(-c3ccccc3)on2)c1. The van der Waals surface area contributed by atoms with Crippen LogP contribution in [0.25, 0.3) is 11.3 Å². The van der Waals surface area contributed by atoms with Gasteiger partial charge in [-0.05, 0) is 6.42 Å². The molecule has 0 aliphatic rings. The van der Waals surface area contributed by atoms with E-state index in [0.29, 0.717) is 31.0 Å². The van der Waals surface area contributed by atoms with Crippen LogP contribution in [0.15, 0.2) is 53.4 Å². The van der Waals surface area contributed by atoms with Crippen LogP contribution < -0.4 is 10.6 Å². The van der Waals surface area contributed by atoms with Gasteiger partial charge in [0.25, 0.3) is 11.8 Å². The normalized spacial score (nSPS) is 10.5. The summed E-state index contributed by atoms with van der Waals surface area (Å²) in [5, 5.41) is 9.29. The molecule has 1 aromatic carbocycles. The minimum Gasteiger partial charge on any atom is -0.355 e. The van der Waals surface area contributed by atoms with Gasteiger partial charge >= 0.3 is 0 Å². The highest BCUT2D eigenvalue weighted by atomic mass is 16.5. The van der Waals surface area contributed by atoms with E-state index in [1.807, 2.05) is 30.3 Å². The Morgan fingerprint density at radius 3 is 2.42 bits per heavy atom. The van der Waals surface area contributed by atoms with Gasteiger partial charge in [-0.1, -0.05) is 35.5 Å². The fourth-order valence-electron chi connectivity index (χ4n) is 2.32. The van der Waals surface area contributed by atoms with Crippen molar-refractivity contribution in [1.29, 1.82) is 0 Å². The predicted molar refractivity (Wildman–Crippen MR) is 94.4 cm³/mol. The second kappa shape index (κ2) is 8.11. The van der Waals surface area contributed by atoms with Crippen molar-refractivity contribution in [3.05, 3.63) is 60.3 Å². The van der Waals surface area contributed by atoms with Gasteiger partial charge in [-0.15, -0.1) is 0 Å². The molecule has 8 heteroatoms. The Hall–Kier alpha value is -3.42. The van der Waals surface area contributed by atoms with Crippen LogP contribution in [0, 0.1) is 0 Å². The van der Waals surface area contributed by atoms with Crippen LogP contribution >= 0.6 is 0 Å². The monoisotopic (exact) mass is 353 g/mol. The molecule has 0 bridgehead atoms. The minimum atomic E-state index is -0.313. The Labute approximate surface area is 150 Å². The summed E-state index contributed by atoms with van der Waals surface area (Å²) in [4.78, 5) is 27.9. The summed E-state index contributed by atoms with van der Waals surface area (Å²) in [6, 6.07) is 11.0. The summed E-state index contributed by atoms with van der Waals surface area (Å²) in [6.07, 6.45) is 3.80. The molecule has 134 valence electrons. The molecule has 0 unspecified atom stereocenters. The molecule has 0 fully saturated rings. The van der Waals surface area contributed by atoms with Crippen molar-refractivity contribution in [2.45, 2.75) is 6.42 Å². The summed E-state index contributed by atoms with van der Waals surface area (Å²) < 4.78 is 6.91. The first-order chi connectivity index (χ1) is 12.6. The Kier molecular flexibility index (Phi) is 5.43. The van der Waals surface area contributed by atoms with Crippen molar-refractivity contribution in [3.8, 4) is 11.3 Å². The standard InChI is InChI=1S/C18H19N5O3/c1-23-11-15(21-12-23)18(25)20-9-5-8-19-17(24)14-10-16(26-22-14)13-6-3-2-4-7-13/h2-4,6-7,10-12H,5,8-9H2,1H3,(H,19,24)(H,20,25). The Bertz CT molecular complexity index is 885. The molecule has 0 radical (unpaired) electrons. The summed E-state index contributed by atoms with van der Waals surface area (Å²) >= 11 is 0. The van der Waals surface area contributed by atoms with Crippen LogP contribution in [0.5, 0.6) is 0 Å². The van der Waals surface area contributed by atoms with E-state index in [1.54, 1.807) is 30.2 Å². The van der Waals surface area contributed by atoms with E-state index in [9.17, 15) is 9.59 Å². The van der Waals surface area contributed by atoms with Crippen LogP contribution in [0.4, 0.5) is 0 Å². The lowest BCUT2D eigenvalue weighted by molar-refractivity contribution is 0.0944. The van der Waals surface area contributed by atoms with Gasteiger partial charge in [0.15, 0.2) is 11.5 Å². The van der Waals surface area contributed by atoms with Crippen molar-refractivity contribution in [1.82, 2.24) is 25.3 Å². The average molecular weight is 353 g/mol. The molecule has 26 heavy (non-hydrogen) atoms. The first-order valence-corrected chi connectivity index (χ1v) is 8.20. The molecular formula is C18H19N5O3. The second-order valence-electron chi connectivity index (χ2n) is 5.73. The number of nitrogens with zero attached hydrogens (tertiary/aromatic N) is 3. The lowest BCUT2D eigenvalue weighted by Gasteiger charge is -2.04. The summed E-state index contributed by atoms with van der Waals surface area (Å²) in [5.74, 6) is -0.00807. The van der Waals surface area contributed by atoms with E-state index in [-0.39, 0.29) is 17.5 Å². The quantitative estimate of drug-likeness (QED) is 0.629. The van der Waals surface area contributed by atoms with Crippen molar-refractivity contribution < 1.29 is 14.1 Å². The third-order valence-corrected chi connectivity index (χ3v) is 3.66. The fraction of sp³-hybridized carbons (Fsp3) is 0.222. The molecule has 0 aliphatic heterocycles. The molecule has 3 aromatic rings. The first kappa shape index (κ1) is 17.4. The molecule has 0 saturated carbocycles. The highest BCUT2D eigenvalue weighted by Crippen LogP contribution is 2.19. The van der Waals surface area contributed by atoms with Gasteiger partial charge in [0.1, 0.15) is 5.69 Å². The Morgan fingerprint density at radius 1 is 1.08 bits per heavy atom. The van der Waals surface area contributed by atoms with Gasteiger partial charge in [-0.2, -0.15) is 0 Å². The average Bonchev–Trinajstić information content (AvgIpc) is 3.31. The van der Waals surface area contributed by atoms with E-state index in [0.717, 1.165) is 5.56 Å². The third-order valence-electron chi connectivity index (χ3n) is 3.66. The predicted octanol–water partition coefficient (Wildman–Crippen LogP) is 1.62. The van der Waals surface area contributed by atoms with Gasteiger partial charge in [0.2, 0.25) is 0 Å². The molecule has 8 nitrogen and oxygen atoms in total. The molecule has 0 saturated heterocycles. The third kappa shape index (κ3) is 4.35. The first-order valence-electron chi connectivity index (χ1n) is 8.20. The zero-order valence-electron chi connectivity index (χ0n) is 14.3. The number of amides is 2. The zero-order valence-corrected chi connectivity index (χ0v) is 14.3. The summed E-state index contributed by atoms with van der Waals surface area (Å²) in [7, 11) is 1.80. The number of carbonyl (C=O) groups excluding carboxylic acids is 2. The van der Waals surface area contributed by atoms with Crippen molar-refractivity contribution in [2.75, 3.05) is 13.1 Å². The molecule has 0 spiro atoms. The maximum absolute atomic E-state index is 12.1. The van der Waals surface area contributed by atoms with Gasteiger partial charge in [-0.3, -0.25) is 9.59 Å². The van der Waals surface area contributed by atoms with Gasteiger partial charge in [0, 0.05) is 38.0 Å². The number of hydrogen-bond acceptors (Lipinski definition) is 5. The molecule has 2 aromatic heterocycles. The number of hydrogen-bond donors (Lipinski definition) is 2. The van der Waals surface area contributed by atoms with E-state index in [2.05, 4.69) is 20.8 Å². The van der Waals surface area contributed by atoms with Gasteiger partial charge in [0.05, 0.1) is 6.33 Å². The van der Waals surface area contributed by atoms with E-state index >= 15 is 0 Å². The zero-order chi connectivity index (χ0) is 18.4.